The highest BCUT2D eigenvalue weighted by Gasteiger charge is 2.30. The van der Waals surface area contributed by atoms with Crippen molar-refractivity contribution in [1.29, 1.82) is 5.26 Å². The van der Waals surface area contributed by atoms with E-state index in [9.17, 15) is 10.1 Å². The zero-order chi connectivity index (χ0) is 21.7. The number of hydrogen-bond donors (Lipinski definition) is 1. The summed E-state index contributed by atoms with van der Waals surface area (Å²) in [7, 11) is 0. The van der Waals surface area contributed by atoms with Crippen LogP contribution >= 0.6 is 11.8 Å². The quantitative estimate of drug-likeness (QED) is 0.574. The molecule has 1 atom stereocenters. The molecular formula is C23H25N5OS. The Kier molecular flexibility index (Phi) is 6.58. The molecule has 7 heteroatoms. The first-order valence-electron chi connectivity index (χ1n) is 9.77. The Bertz CT molecular complexity index is 1050. The molecule has 1 heterocycles. The second-order valence-corrected chi connectivity index (χ2v) is 8.59. The summed E-state index contributed by atoms with van der Waals surface area (Å²) in [6, 6.07) is 20.1. The first-order chi connectivity index (χ1) is 14.3. The molecule has 0 unspecified atom stereocenters. The van der Waals surface area contributed by atoms with Crippen molar-refractivity contribution in [2.45, 2.75) is 38.4 Å². The maximum absolute atomic E-state index is 12.5. The number of aryl methyl sites for hydroxylation is 1. The first kappa shape index (κ1) is 21.6. The number of aromatic nitrogens is 3. The number of carbonyl (C=O) groups is 1. The van der Waals surface area contributed by atoms with Gasteiger partial charge in [-0.25, -0.2) is 0 Å². The zero-order valence-corrected chi connectivity index (χ0v) is 18.4. The normalized spacial score (nSPS) is 12.9. The number of nitriles is 1. The number of carbonyl (C=O) groups excluding carboxylic acids is 1. The van der Waals surface area contributed by atoms with Gasteiger partial charge in [-0.3, -0.25) is 9.36 Å². The van der Waals surface area contributed by atoms with Crippen LogP contribution < -0.4 is 5.32 Å². The van der Waals surface area contributed by atoms with Gasteiger partial charge in [0, 0.05) is 11.3 Å². The van der Waals surface area contributed by atoms with Crippen molar-refractivity contribution in [3.63, 3.8) is 0 Å². The summed E-state index contributed by atoms with van der Waals surface area (Å²) in [5.74, 6) is 0.643. The average molecular weight is 420 g/mol. The molecule has 0 radical (unpaired) electrons. The Morgan fingerprint density at radius 2 is 1.83 bits per heavy atom. The van der Waals surface area contributed by atoms with Crippen LogP contribution in [0.5, 0.6) is 0 Å². The molecule has 3 aromatic rings. The van der Waals surface area contributed by atoms with Gasteiger partial charge < -0.3 is 5.32 Å². The van der Waals surface area contributed by atoms with E-state index in [0.29, 0.717) is 11.0 Å². The molecule has 2 aromatic carbocycles. The molecule has 1 N–H and O–H groups in total. The smallest absolute Gasteiger partial charge is 0.231 e. The molecule has 6 nitrogen and oxygen atoms in total. The Morgan fingerprint density at radius 1 is 1.17 bits per heavy atom. The molecule has 30 heavy (non-hydrogen) atoms. The largest absolute Gasteiger partial charge is 0.337 e. The Morgan fingerprint density at radius 3 is 2.43 bits per heavy atom. The summed E-state index contributed by atoms with van der Waals surface area (Å²) >= 11 is 1.30. The number of thioether (sulfide) groups is 1. The van der Waals surface area contributed by atoms with Crippen molar-refractivity contribution >= 4 is 17.7 Å². The molecule has 1 amide bonds. The summed E-state index contributed by atoms with van der Waals surface area (Å²) in [5.41, 5.74) is 2.12. The van der Waals surface area contributed by atoms with Gasteiger partial charge in [-0.1, -0.05) is 73.6 Å². The van der Waals surface area contributed by atoms with Crippen LogP contribution in [0.3, 0.4) is 0 Å². The van der Waals surface area contributed by atoms with Gasteiger partial charge in [-0.05, 0) is 31.9 Å². The second kappa shape index (κ2) is 9.14. The van der Waals surface area contributed by atoms with Crippen molar-refractivity contribution in [2.24, 2.45) is 5.92 Å². The fraction of sp³-hybridized carbons (Fsp3) is 0.304. The van der Waals surface area contributed by atoms with Crippen molar-refractivity contribution in [1.82, 2.24) is 20.1 Å². The summed E-state index contributed by atoms with van der Waals surface area (Å²) in [5, 5.41) is 21.6. The molecule has 0 spiro atoms. The number of rotatable bonds is 7. The topological polar surface area (TPSA) is 83.6 Å². The lowest BCUT2D eigenvalue weighted by molar-refractivity contribution is -0.120. The molecule has 0 saturated carbocycles. The van der Waals surface area contributed by atoms with E-state index in [1.165, 1.54) is 11.8 Å². The van der Waals surface area contributed by atoms with E-state index in [4.69, 9.17) is 0 Å². The fourth-order valence-corrected chi connectivity index (χ4v) is 3.57. The highest BCUT2D eigenvalue weighted by molar-refractivity contribution is 7.99. The zero-order valence-electron chi connectivity index (χ0n) is 17.6. The van der Waals surface area contributed by atoms with Crippen LogP contribution in [0.15, 0.2) is 59.8 Å². The predicted molar refractivity (Wildman–Crippen MR) is 119 cm³/mol. The van der Waals surface area contributed by atoms with Gasteiger partial charge >= 0.3 is 0 Å². The molecule has 0 aliphatic heterocycles. The fourth-order valence-electron chi connectivity index (χ4n) is 2.82. The molecule has 3 rings (SSSR count). The summed E-state index contributed by atoms with van der Waals surface area (Å²) < 4.78 is 1.96. The Hall–Kier alpha value is -3.11. The van der Waals surface area contributed by atoms with Crippen molar-refractivity contribution in [3.8, 4) is 23.1 Å². The van der Waals surface area contributed by atoms with Crippen LogP contribution in [-0.2, 0) is 4.79 Å². The van der Waals surface area contributed by atoms with Gasteiger partial charge in [-0.2, -0.15) is 5.26 Å². The number of amides is 1. The number of benzene rings is 2. The molecule has 1 aromatic heterocycles. The van der Waals surface area contributed by atoms with E-state index in [0.717, 1.165) is 16.8 Å². The van der Waals surface area contributed by atoms with Crippen molar-refractivity contribution in [2.75, 3.05) is 5.75 Å². The van der Waals surface area contributed by atoms with E-state index in [-0.39, 0.29) is 17.6 Å². The third-order valence-corrected chi connectivity index (χ3v) is 6.00. The van der Waals surface area contributed by atoms with E-state index in [2.05, 4.69) is 21.6 Å². The van der Waals surface area contributed by atoms with Crippen LogP contribution in [0.2, 0.25) is 0 Å². The highest BCUT2D eigenvalue weighted by Crippen LogP contribution is 2.28. The van der Waals surface area contributed by atoms with Crippen LogP contribution in [0.4, 0.5) is 0 Å². The number of nitrogens with one attached hydrogen (secondary N) is 1. The molecule has 0 fully saturated rings. The second-order valence-electron chi connectivity index (χ2n) is 7.65. The molecule has 154 valence electrons. The SMILES string of the molecule is Cc1ccc(-n2c(SCC(=O)N[C@](C)(C#N)C(C)C)nnc2-c2ccccc2)cc1. The van der Waals surface area contributed by atoms with Gasteiger partial charge in [-0.15, -0.1) is 10.2 Å². The van der Waals surface area contributed by atoms with E-state index < -0.39 is 5.54 Å². The third-order valence-electron chi connectivity index (χ3n) is 5.08. The number of nitrogens with zero attached hydrogens (tertiary/aromatic N) is 4. The summed E-state index contributed by atoms with van der Waals surface area (Å²) in [6.07, 6.45) is 0. The minimum atomic E-state index is -0.905. The van der Waals surface area contributed by atoms with E-state index in [1.807, 2.05) is 79.9 Å². The Labute approximate surface area is 181 Å². The first-order valence-corrected chi connectivity index (χ1v) is 10.8. The predicted octanol–water partition coefficient (Wildman–Crippen LogP) is 4.39. The van der Waals surface area contributed by atoms with Crippen LogP contribution in [-0.4, -0.2) is 32.0 Å². The van der Waals surface area contributed by atoms with Crippen LogP contribution in [0.1, 0.15) is 26.3 Å². The van der Waals surface area contributed by atoms with Crippen LogP contribution in [0.25, 0.3) is 17.1 Å². The van der Waals surface area contributed by atoms with E-state index in [1.54, 1.807) is 6.92 Å². The summed E-state index contributed by atoms with van der Waals surface area (Å²) in [4.78, 5) is 12.5. The molecule has 0 saturated heterocycles. The van der Waals surface area contributed by atoms with Gasteiger partial charge in [0.2, 0.25) is 5.91 Å². The third kappa shape index (κ3) is 4.71. The molecule has 0 bridgehead atoms. The van der Waals surface area contributed by atoms with Gasteiger partial charge in [0.1, 0.15) is 5.54 Å². The van der Waals surface area contributed by atoms with Gasteiger partial charge in [0.15, 0.2) is 11.0 Å². The lowest BCUT2D eigenvalue weighted by Crippen LogP contribution is -2.49. The molecular weight excluding hydrogens is 394 g/mol. The minimum Gasteiger partial charge on any atom is -0.337 e. The lowest BCUT2D eigenvalue weighted by atomic mass is 9.90. The van der Waals surface area contributed by atoms with Crippen molar-refractivity contribution in [3.05, 3.63) is 60.2 Å². The van der Waals surface area contributed by atoms with Gasteiger partial charge in [0.05, 0.1) is 11.8 Å². The molecule has 0 aliphatic rings. The standard InChI is InChI=1S/C23H25N5OS/c1-16(2)23(4,15-24)25-20(29)14-30-22-27-26-21(18-8-6-5-7-9-18)28(22)19-12-10-17(3)11-13-19/h5-13,16H,14H2,1-4H3,(H,25,29)/t23-/m1/s1. The minimum absolute atomic E-state index is 0.00246. The maximum Gasteiger partial charge on any atom is 0.231 e. The monoisotopic (exact) mass is 419 g/mol. The van der Waals surface area contributed by atoms with E-state index >= 15 is 0 Å². The van der Waals surface area contributed by atoms with Crippen LogP contribution in [0, 0.1) is 24.2 Å². The Balaban J connectivity index is 1.88. The highest BCUT2D eigenvalue weighted by atomic mass is 32.2. The molecule has 0 aliphatic carbocycles. The van der Waals surface area contributed by atoms with Crippen molar-refractivity contribution < 1.29 is 4.79 Å². The maximum atomic E-state index is 12.5. The van der Waals surface area contributed by atoms with Gasteiger partial charge in [0.25, 0.3) is 0 Å². The lowest BCUT2D eigenvalue weighted by Gasteiger charge is -2.27. The number of hydrogen-bond acceptors (Lipinski definition) is 5. The average Bonchev–Trinajstić information content (AvgIpc) is 3.17. The summed E-state index contributed by atoms with van der Waals surface area (Å²) in [6.45, 7) is 7.60.